The van der Waals surface area contributed by atoms with Crippen LogP contribution in [-0.4, -0.2) is 31.4 Å². The first kappa shape index (κ1) is 20.6. The molecule has 6 nitrogen and oxygen atoms in total. The molecular weight excluding hydrogens is 394 g/mol. The molecule has 1 N–H and O–H groups in total. The molecule has 156 valence electrons. The van der Waals surface area contributed by atoms with Crippen LogP contribution in [0.4, 0.5) is 5.69 Å². The maximum atomic E-state index is 12.5. The van der Waals surface area contributed by atoms with Crippen molar-refractivity contribution in [1.29, 1.82) is 0 Å². The van der Waals surface area contributed by atoms with Crippen molar-refractivity contribution in [1.82, 2.24) is 19.7 Å². The molecule has 0 bridgehead atoms. The second-order valence-electron chi connectivity index (χ2n) is 7.96. The standard InChI is InChI=1S/C23H27N5OS/c1-16(2)17-7-9-19(10-8-17)25-21(29)15-30-23-27-26-22(18-11-13-24-14-12-18)28(23)20-5-3-4-6-20/h7-14,16,20H,3-6,15H2,1-2H3,(H,25,29). The van der Waals surface area contributed by atoms with Crippen molar-refractivity contribution in [2.24, 2.45) is 0 Å². The average molecular weight is 422 g/mol. The molecule has 1 aliphatic rings. The number of thioether (sulfide) groups is 1. The molecule has 3 aromatic rings. The molecule has 1 fully saturated rings. The molecule has 4 rings (SSSR count). The van der Waals surface area contributed by atoms with E-state index < -0.39 is 0 Å². The largest absolute Gasteiger partial charge is 0.325 e. The van der Waals surface area contributed by atoms with Crippen molar-refractivity contribution in [2.75, 3.05) is 11.1 Å². The lowest BCUT2D eigenvalue weighted by Gasteiger charge is -2.16. The molecule has 7 heteroatoms. The number of pyridine rings is 1. The van der Waals surface area contributed by atoms with E-state index in [-0.39, 0.29) is 5.91 Å². The van der Waals surface area contributed by atoms with Gasteiger partial charge in [0.1, 0.15) is 0 Å². The molecule has 0 atom stereocenters. The Morgan fingerprint density at radius 2 is 1.80 bits per heavy atom. The minimum atomic E-state index is -0.0382. The van der Waals surface area contributed by atoms with Crippen LogP contribution in [0.25, 0.3) is 11.4 Å². The zero-order valence-electron chi connectivity index (χ0n) is 17.4. The molecule has 0 spiro atoms. The number of hydrogen-bond donors (Lipinski definition) is 1. The van der Waals surface area contributed by atoms with Crippen LogP contribution >= 0.6 is 11.8 Å². The van der Waals surface area contributed by atoms with Crippen LogP contribution in [0.15, 0.2) is 53.9 Å². The number of carbonyl (C=O) groups excluding carboxylic acids is 1. The molecule has 1 saturated carbocycles. The smallest absolute Gasteiger partial charge is 0.234 e. The summed E-state index contributed by atoms with van der Waals surface area (Å²) >= 11 is 1.45. The Morgan fingerprint density at radius 1 is 1.10 bits per heavy atom. The lowest BCUT2D eigenvalue weighted by atomic mass is 10.0. The predicted molar refractivity (Wildman–Crippen MR) is 121 cm³/mol. The fourth-order valence-electron chi connectivity index (χ4n) is 3.84. The van der Waals surface area contributed by atoms with E-state index in [1.54, 1.807) is 12.4 Å². The minimum absolute atomic E-state index is 0.0382. The average Bonchev–Trinajstić information content (AvgIpc) is 3.43. The maximum absolute atomic E-state index is 12.5. The quantitative estimate of drug-likeness (QED) is 0.524. The molecule has 0 unspecified atom stereocenters. The molecule has 1 amide bonds. The molecule has 2 aromatic heterocycles. The minimum Gasteiger partial charge on any atom is -0.325 e. The Labute approximate surface area is 181 Å². The van der Waals surface area contributed by atoms with E-state index in [0.29, 0.717) is 17.7 Å². The summed E-state index contributed by atoms with van der Waals surface area (Å²) in [7, 11) is 0. The first-order chi connectivity index (χ1) is 14.6. The summed E-state index contributed by atoms with van der Waals surface area (Å²) in [5.74, 6) is 1.59. The summed E-state index contributed by atoms with van der Waals surface area (Å²) in [6.45, 7) is 4.32. The third kappa shape index (κ3) is 4.73. The van der Waals surface area contributed by atoms with E-state index in [2.05, 4.69) is 51.0 Å². The Bertz CT molecular complexity index is 979. The Morgan fingerprint density at radius 3 is 2.47 bits per heavy atom. The second-order valence-corrected chi connectivity index (χ2v) is 8.91. The van der Waals surface area contributed by atoms with Crippen molar-refractivity contribution in [3.63, 3.8) is 0 Å². The van der Waals surface area contributed by atoms with Gasteiger partial charge in [-0.1, -0.05) is 50.6 Å². The molecule has 1 aromatic carbocycles. The monoisotopic (exact) mass is 421 g/mol. The first-order valence-electron chi connectivity index (χ1n) is 10.5. The summed E-state index contributed by atoms with van der Waals surface area (Å²) < 4.78 is 2.22. The van der Waals surface area contributed by atoms with Gasteiger partial charge in [0.2, 0.25) is 5.91 Å². The Balaban J connectivity index is 1.46. The van der Waals surface area contributed by atoms with Crippen molar-refractivity contribution in [3.8, 4) is 11.4 Å². The van der Waals surface area contributed by atoms with Gasteiger partial charge in [-0.15, -0.1) is 10.2 Å². The van der Waals surface area contributed by atoms with Gasteiger partial charge in [0, 0.05) is 29.7 Å². The van der Waals surface area contributed by atoms with E-state index in [0.717, 1.165) is 35.1 Å². The third-order valence-electron chi connectivity index (χ3n) is 5.49. The second kappa shape index (κ2) is 9.43. The molecule has 0 saturated heterocycles. The van der Waals surface area contributed by atoms with Gasteiger partial charge in [-0.05, 0) is 48.6 Å². The van der Waals surface area contributed by atoms with E-state index in [4.69, 9.17) is 0 Å². The summed E-state index contributed by atoms with van der Waals surface area (Å²) in [4.78, 5) is 16.6. The maximum Gasteiger partial charge on any atom is 0.234 e. The van der Waals surface area contributed by atoms with Gasteiger partial charge in [-0.25, -0.2) is 0 Å². The summed E-state index contributed by atoms with van der Waals surface area (Å²) in [6, 6.07) is 12.3. The van der Waals surface area contributed by atoms with E-state index in [1.165, 1.54) is 30.2 Å². The van der Waals surface area contributed by atoms with Crippen LogP contribution < -0.4 is 5.32 Å². The number of nitrogens with one attached hydrogen (secondary N) is 1. The number of amides is 1. The molecule has 30 heavy (non-hydrogen) atoms. The van der Waals surface area contributed by atoms with Crippen molar-refractivity contribution < 1.29 is 4.79 Å². The molecule has 0 radical (unpaired) electrons. The van der Waals surface area contributed by atoms with Gasteiger partial charge in [0.05, 0.1) is 5.75 Å². The predicted octanol–water partition coefficient (Wildman–Crippen LogP) is 5.31. The fourth-order valence-corrected chi connectivity index (χ4v) is 4.65. The van der Waals surface area contributed by atoms with Crippen LogP contribution in [0.5, 0.6) is 0 Å². The Hall–Kier alpha value is -2.67. The number of anilines is 1. The van der Waals surface area contributed by atoms with Gasteiger partial charge in [-0.2, -0.15) is 0 Å². The molecule has 1 aliphatic carbocycles. The summed E-state index contributed by atoms with van der Waals surface area (Å²) in [5.41, 5.74) is 3.08. The van der Waals surface area contributed by atoms with Gasteiger partial charge in [0.15, 0.2) is 11.0 Å². The number of hydrogen-bond acceptors (Lipinski definition) is 5. The number of rotatable bonds is 7. The highest BCUT2D eigenvalue weighted by atomic mass is 32.2. The third-order valence-corrected chi connectivity index (χ3v) is 6.43. The molecular formula is C23H27N5OS. The number of nitrogens with zero attached hydrogens (tertiary/aromatic N) is 4. The zero-order chi connectivity index (χ0) is 20.9. The van der Waals surface area contributed by atoms with Crippen LogP contribution in [0.3, 0.4) is 0 Å². The van der Waals surface area contributed by atoms with Crippen LogP contribution in [0.2, 0.25) is 0 Å². The number of carbonyl (C=O) groups is 1. The highest BCUT2D eigenvalue weighted by molar-refractivity contribution is 7.99. The highest BCUT2D eigenvalue weighted by Crippen LogP contribution is 2.36. The highest BCUT2D eigenvalue weighted by Gasteiger charge is 2.25. The van der Waals surface area contributed by atoms with Crippen molar-refractivity contribution >= 4 is 23.4 Å². The first-order valence-corrected chi connectivity index (χ1v) is 11.5. The van der Waals surface area contributed by atoms with Crippen LogP contribution in [0, 0.1) is 0 Å². The lowest BCUT2D eigenvalue weighted by Crippen LogP contribution is -2.15. The normalized spacial score (nSPS) is 14.4. The topological polar surface area (TPSA) is 72.7 Å². The van der Waals surface area contributed by atoms with Crippen LogP contribution in [0.1, 0.15) is 57.1 Å². The summed E-state index contributed by atoms with van der Waals surface area (Å²) in [5, 5.41) is 12.7. The SMILES string of the molecule is CC(C)c1ccc(NC(=O)CSc2nnc(-c3ccncc3)n2C2CCCC2)cc1. The van der Waals surface area contributed by atoms with Crippen molar-refractivity contribution in [3.05, 3.63) is 54.4 Å². The van der Waals surface area contributed by atoms with Crippen molar-refractivity contribution in [2.45, 2.75) is 56.6 Å². The Kier molecular flexibility index (Phi) is 6.47. The summed E-state index contributed by atoms with van der Waals surface area (Å²) in [6.07, 6.45) is 8.23. The zero-order valence-corrected chi connectivity index (χ0v) is 18.2. The lowest BCUT2D eigenvalue weighted by molar-refractivity contribution is -0.113. The van der Waals surface area contributed by atoms with Gasteiger partial charge >= 0.3 is 0 Å². The van der Waals surface area contributed by atoms with E-state index in [1.807, 2.05) is 24.3 Å². The van der Waals surface area contributed by atoms with Crippen LogP contribution in [-0.2, 0) is 4.79 Å². The fraction of sp³-hybridized carbons (Fsp3) is 0.391. The van der Waals surface area contributed by atoms with E-state index in [9.17, 15) is 4.79 Å². The van der Waals surface area contributed by atoms with E-state index >= 15 is 0 Å². The van der Waals surface area contributed by atoms with Gasteiger partial charge < -0.3 is 5.32 Å². The number of benzene rings is 1. The van der Waals surface area contributed by atoms with Gasteiger partial charge in [0.25, 0.3) is 0 Å². The van der Waals surface area contributed by atoms with Gasteiger partial charge in [-0.3, -0.25) is 14.3 Å². The molecule has 2 heterocycles. The number of aromatic nitrogens is 4. The molecule has 0 aliphatic heterocycles.